The fourth-order valence-electron chi connectivity index (χ4n) is 1.33. The Balaban J connectivity index is 2.55. The molecule has 0 fully saturated rings. The molecular formula is C11H6N2O3. The Kier molecular flexibility index (Phi) is 2.40. The van der Waals surface area contributed by atoms with E-state index < -0.39 is 5.97 Å². The molecule has 0 bridgehead atoms. The van der Waals surface area contributed by atoms with Crippen LogP contribution in [0.2, 0.25) is 0 Å². The number of carbonyl (C=O) groups is 1. The van der Waals surface area contributed by atoms with Crippen LogP contribution in [-0.4, -0.2) is 16.2 Å². The smallest absolute Gasteiger partial charge is 0.341 e. The summed E-state index contributed by atoms with van der Waals surface area (Å²) in [6, 6.07) is 8.46. The largest absolute Gasteiger partial charge is 0.477 e. The zero-order chi connectivity index (χ0) is 11.5. The van der Waals surface area contributed by atoms with Gasteiger partial charge in [0.2, 0.25) is 0 Å². The molecule has 1 aromatic heterocycles. The lowest BCUT2D eigenvalue weighted by atomic mass is 10.1. The first kappa shape index (κ1) is 9.93. The first-order valence-corrected chi connectivity index (χ1v) is 4.41. The van der Waals surface area contributed by atoms with Crippen LogP contribution in [0.5, 0.6) is 0 Å². The normalized spacial score (nSPS) is 9.69. The summed E-state index contributed by atoms with van der Waals surface area (Å²) in [7, 11) is 0. The molecule has 16 heavy (non-hydrogen) atoms. The maximum atomic E-state index is 10.8. The van der Waals surface area contributed by atoms with Crippen LogP contribution in [0.25, 0.3) is 11.3 Å². The number of benzene rings is 1. The second-order valence-electron chi connectivity index (χ2n) is 3.07. The highest BCUT2D eigenvalue weighted by Gasteiger charge is 2.16. The summed E-state index contributed by atoms with van der Waals surface area (Å²) >= 11 is 0. The van der Waals surface area contributed by atoms with E-state index in [1.54, 1.807) is 24.3 Å². The van der Waals surface area contributed by atoms with Gasteiger partial charge in [0.05, 0.1) is 17.8 Å². The van der Waals surface area contributed by atoms with E-state index in [0.717, 1.165) is 6.20 Å². The Morgan fingerprint density at radius 1 is 1.50 bits per heavy atom. The molecule has 0 atom stereocenters. The van der Waals surface area contributed by atoms with Crippen molar-refractivity contribution in [2.24, 2.45) is 0 Å². The molecule has 0 radical (unpaired) electrons. The van der Waals surface area contributed by atoms with E-state index in [1.165, 1.54) is 0 Å². The third-order valence-corrected chi connectivity index (χ3v) is 2.05. The number of nitriles is 1. The topological polar surface area (TPSA) is 87.1 Å². The van der Waals surface area contributed by atoms with Gasteiger partial charge in [0.25, 0.3) is 0 Å². The van der Waals surface area contributed by atoms with Crippen molar-refractivity contribution in [1.29, 1.82) is 5.26 Å². The molecule has 0 amide bonds. The van der Waals surface area contributed by atoms with Gasteiger partial charge in [-0.15, -0.1) is 0 Å². The Morgan fingerprint density at radius 2 is 2.31 bits per heavy atom. The summed E-state index contributed by atoms with van der Waals surface area (Å²) in [6.07, 6.45) is 1.14. The number of aromatic nitrogens is 1. The Hall–Kier alpha value is -2.61. The minimum Gasteiger partial charge on any atom is -0.477 e. The fourth-order valence-corrected chi connectivity index (χ4v) is 1.33. The first-order valence-electron chi connectivity index (χ1n) is 4.41. The van der Waals surface area contributed by atoms with E-state index in [-0.39, 0.29) is 11.3 Å². The number of carboxylic acid groups (broad SMARTS) is 1. The van der Waals surface area contributed by atoms with E-state index in [4.69, 9.17) is 14.9 Å². The zero-order valence-corrected chi connectivity index (χ0v) is 8.04. The van der Waals surface area contributed by atoms with Gasteiger partial charge in [0.15, 0.2) is 5.76 Å². The SMILES string of the molecule is N#Cc1cccc(-c2oncc2C(=O)O)c1. The van der Waals surface area contributed by atoms with Gasteiger partial charge in [0, 0.05) is 5.56 Å². The number of aromatic carboxylic acids is 1. The second kappa shape index (κ2) is 3.87. The highest BCUT2D eigenvalue weighted by atomic mass is 16.5. The molecule has 0 aliphatic carbocycles. The van der Waals surface area contributed by atoms with Gasteiger partial charge in [0.1, 0.15) is 5.56 Å². The van der Waals surface area contributed by atoms with Crippen LogP contribution >= 0.6 is 0 Å². The molecule has 0 saturated carbocycles. The Morgan fingerprint density at radius 3 is 3.00 bits per heavy atom. The maximum absolute atomic E-state index is 10.8. The first-order chi connectivity index (χ1) is 7.72. The van der Waals surface area contributed by atoms with Crippen LogP contribution in [-0.2, 0) is 0 Å². The minimum absolute atomic E-state index is 0.0184. The fraction of sp³-hybridized carbons (Fsp3) is 0. The number of nitrogens with zero attached hydrogens (tertiary/aromatic N) is 2. The summed E-state index contributed by atoms with van der Waals surface area (Å²) in [6.45, 7) is 0. The molecule has 0 saturated heterocycles. The minimum atomic E-state index is -1.11. The maximum Gasteiger partial charge on any atom is 0.341 e. The molecule has 78 valence electrons. The van der Waals surface area contributed by atoms with E-state index >= 15 is 0 Å². The highest BCUT2D eigenvalue weighted by Crippen LogP contribution is 2.24. The van der Waals surface area contributed by atoms with Crippen LogP contribution < -0.4 is 0 Å². The monoisotopic (exact) mass is 214 g/mol. The van der Waals surface area contributed by atoms with Crippen molar-refractivity contribution in [2.75, 3.05) is 0 Å². The van der Waals surface area contributed by atoms with Crippen molar-refractivity contribution in [1.82, 2.24) is 5.16 Å². The lowest BCUT2D eigenvalue weighted by Gasteiger charge is -1.97. The van der Waals surface area contributed by atoms with Crippen molar-refractivity contribution >= 4 is 5.97 Å². The molecule has 1 N–H and O–H groups in total. The van der Waals surface area contributed by atoms with Crippen LogP contribution in [0.3, 0.4) is 0 Å². The van der Waals surface area contributed by atoms with Gasteiger partial charge in [-0.25, -0.2) is 4.79 Å². The molecule has 1 heterocycles. The molecule has 0 unspecified atom stereocenters. The molecule has 5 nitrogen and oxygen atoms in total. The molecule has 0 aliphatic rings. The summed E-state index contributed by atoms with van der Waals surface area (Å²) in [5.41, 5.74) is 0.939. The average Bonchev–Trinajstić information content (AvgIpc) is 2.78. The highest BCUT2D eigenvalue weighted by molar-refractivity contribution is 5.93. The van der Waals surface area contributed by atoms with Crippen molar-refractivity contribution in [3.05, 3.63) is 41.6 Å². The lowest BCUT2D eigenvalue weighted by Crippen LogP contribution is -1.95. The summed E-state index contributed by atoms with van der Waals surface area (Å²) in [5.74, 6) is -0.955. The van der Waals surface area contributed by atoms with Crippen LogP contribution in [0.15, 0.2) is 35.0 Å². The number of rotatable bonds is 2. The quantitative estimate of drug-likeness (QED) is 0.824. The Bertz CT molecular complexity index is 581. The predicted octanol–water partition coefficient (Wildman–Crippen LogP) is 1.91. The third-order valence-electron chi connectivity index (χ3n) is 2.05. The summed E-state index contributed by atoms with van der Waals surface area (Å²) < 4.78 is 4.87. The van der Waals surface area contributed by atoms with E-state index in [2.05, 4.69) is 5.16 Å². The van der Waals surface area contributed by atoms with Crippen LogP contribution in [0.1, 0.15) is 15.9 Å². The van der Waals surface area contributed by atoms with Gasteiger partial charge in [-0.2, -0.15) is 5.26 Å². The lowest BCUT2D eigenvalue weighted by molar-refractivity contribution is 0.0697. The summed E-state index contributed by atoms with van der Waals surface area (Å²) in [5, 5.41) is 21.0. The Labute approximate surface area is 90.5 Å². The number of carboxylic acids is 1. The second-order valence-corrected chi connectivity index (χ2v) is 3.07. The zero-order valence-electron chi connectivity index (χ0n) is 8.04. The van der Waals surface area contributed by atoms with Crippen molar-refractivity contribution < 1.29 is 14.4 Å². The molecule has 2 aromatic rings. The third kappa shape index (κ3) is 1.64. The summed E-state index contributed by atoms with van der Waals surface area (Å²) in [4.78, 5) is 10.8. The standard InChI is InChI=1S/C11H6N2O3/c12-5-7-2-1-3-8(4-7)10-9(11(14)15)6-13-16-10/h1-4,6H,(H,14,15). The molecular weight excluding hydrogens is 208 g/mol. The van der Waals surface area contributed by atoms with Crippen LogP contribution in [0, 0.1) is 11.3 Å². The van der Waals surface area contributed by atoms with Crippen molar-refractivity contribution in [3.63, 3.8) is 0 Å². The van der Waals surface area contributed by atoms with Crippen molar-refractivity contribution in [3.8, 4) is 17.4 Å². The van der Waals surface area contributed by atoms with Gasteiger partial charge in [-0.3, -0.25) is 0 Å². The van der Waals surface area contributed by atoms with Crippen molar-refractivity contribution in [2.45, 2.75) is 0 Å². The van der Waals surface area contributed by atoms with Gasteiger partial charge in [-0.05, 0) is 12.1 Å². The average molecular weight is 214 g/mol. The van der Waals surface area contributed by atoms with Gasteiger partial charge < -0.3 is 9.63 Å². The molecule has 5 heteroatoms. The van der Waals surface area contributed by atoms with E-state index in [9.17, 15) is 4.79 Å². The number of hydrogen-bond donors (Lipinski definition) is 1. The predicted molar refractivity (Wildman–Crippen MR) is 53.6 cm³/mol. The number of hydrogen-bond acceptors (Lipinski definition) is 4. The van der Waals surface area contributed by atoms with Gasteiger partial charge >= 0.3 is 5.97 Å². The molecule has 2 rings (SSSR count). The van der Waals surface area contributed by atoms with E-state index in [1.807, 2.05) is 6.07 Å². The molecule has 0 spiro atoms. The van der Waals surface area contributed by atoms with E-state index in [0.29, 0.717) is 11.1 Å². The van der Waals surface area contributed by atoms with Gasteiger partial charge in [-0.1, -0.05) is 17.3 Å². The molecule has 1 aromatic carbocycles. The molecule has 0 aliphatic heterocycles. The van der Waals surface area contributed by atoms with Crippen LogP contribution in [0.4, 0.5) is 0 Å².